The zero-order valence-corrected chi connectivity index (χ0v) is 10.2. The maximum atomic E-state index is 12.0. The normalized spacial score (nSPS) is 19.6. The molecule has 1 aliphatic rings. The van der Waals surface area contributed by atoms with E-state index in [0.29, 0.717) is 32.5 Å². The Morgan fingerprint density at radius 3 is 2.38 bits per heavy atom. The van der Waals surface area contributed by atoms with E-state index in [9.17, 15) is 9.59 Å². The average Bonchev–Trinajstić information content (AvgIpc) is 2.29. The van der Waals surface area contributed by atoms with E-state index in [2.05, 4.69) is 0 Å². The second-order valence-corrected chi connectivity index (χ2v) is 4.29. The minimum absolute atomic E-state index is 0.175. The molecular formula is C11H20N2O3. The van der Waals surface area contributed by atoms with Gasteiger partial charge in [-0.1, -0.05) is 0 Å². The van der Waals surface area contributed by atoms with E-state index in [-0.39, 0.29) is 5.97 Å². The molecule has 0 bridgehead atoms. The Labute approximate surface area is 96.3 Å². The van der Waals surface area contributed by atoms with Crippen molar-refractivity contribution < 1.29 is 14.3 Å². The summed E-state index contributed by atoms with van der Waals surface area (Å²) in [6, 6.07) is 0. The van der Waals surface area contributed by atoms with E-state index >= 15 is 0 Å². The molecule has 5 nitrogen and oxygen atoms in total. The molecule has 1 fully saturated rings. The van der Waals surface area contributed by atoms with Gasteiger partial charge in [0.15, 0.2) is 0 Å². The number of esters is 1. The number of hydrogen-bond acceptors (Lipinski definition) is 4. The van der Waals surface area contributed by atoms with Gasteiger partial charge in [0, 0.05) is 13.1 Å². The number of likely N-dealkylation sites (tertiary alicyclic amines) is 1. The summed E-state index contributed by atoms with van der Waals surface area (Å²) in [4.78, 5) is 26.2. The highest BCUT2D eigenvalue weighted by molar-refractivity contribution is 5.81. The van der Waals surface area contributed by atoms with E-state index in [1.807, 2.05) is 25.9 Å². The van der Waals surface area contributed by atoms with Crippen LogP contribution in [0.15, 0.2) is 0 Å². The van der Waals surface area contributed by atoms with Gasteiger partial charge in [-0.05, 0) is 33.9 Å². The smallest absolute Gasteiger partial charge is 0.326 e. The number of rotatable bonds is 4. The van der Waals surface area contributed by atoms with Gasteiger partial charge >= 0.3 is 5.97 Å². The van der Waals surface area contributed by atoms with E-state index in [1.165, 1.54) is 0 Å². The van der Waals surface area contributed by atoms with E-state index in [4.69, 9.17) is 4.74 Å². The number of hydrogen-bond donors (Lipinski definition) is 0. The number of ether oxygens (including phenoxy) is 1. The predicted molar refractivity (Wildman–Crippen MR) is 59.9 cm³/mol. The summed E-state index contributed by atoms with van der Waals surface area (Å²) in [5.74, 6) is -0.175. The largest absolute Gasteiger partial charge is 0.465 e. The van der Waals surface area contributed by atoms with Crippen LogP contribution in [0.2, 0.25) is 0 Å². The minimum atomic E-state index is -0.560. The SMILES string of the molecule is CCOC(=O)C1(N(C)C)CCN(C=O)CC1. The fraction of sp³-hybridized carbons (Fsp3) is 0.818. The molecule has 0 radical (unpaired) electrons. The lowest BCUT2D eigenvalue weighted by Gasteiger charge is -2.42. The summed E-state index contributed by atoms with van der Waals surface area (Å²) in [7, 11) is 3.76. The molecule has 16 heavy (non-hydrogen) atoms. The zero-order valence-electron chi connectivity index (χ0n) is 10.2. The molecule has 1 rings (SSSR count). The Kier molecular flexibility index (Phi) is 4.29. The molecule has 0 aromatic carbocycles. The van der Waals surface area contributed by atoms with Crippen LogP contribution in [-0.4, -0.2) is 61.5 Å². The van der Waals surface area contributed by atoms with Gasteiger partial charge < -0.3 is 9.64 Å². The summed E-state index contributed by atoms with van der Waals surface area (Å²) >= 11 is 0. The van der Waals surface area contributed by atoms with Crippen molar-refractivity contribution in [2.75, 3.05) is 33.8 Å². The second kappa shape index (κ2) is 5.30. The van der Waals surface area contributed by atoms with Crippen LogP contribution in [0.4, 0.5) is 0 Å². The summed E-state index contributed by atoms with van der Waals surface area (Å²) in [6.07, 6.45) is 2.11. The second-order valence-electron chi connectivity index (χ2n) is 4.29. The monoisotopic (exact) mass is 228 g/mol. The lowest BCUT2D eigenvalue weighted by Crippen LogP contribution is -2.58. The third-order valence-electron chi connectivity index (χ3n) is 3.29. The van der Waals surface area contributed by atoms with Gasteiger partial charge in [0.2, 0.25) is 6.41 Å². The molecule has 0 aromatic heterocycles. The number of piperidine rings is 1. The van der Waals surface area contributed by atoms with Crippen molar-refractivity contribution in [3.8, 4) is 0 Å². The molecule has 0 unspecified atom stereocenters. The summed E-state index contributed by atoms with van der Waals surface area (Å²) < 4.78 is 5.13. The third kappa shape index (κ3) is 2.35. The topological polar surface area (TPSA) is 49.9 Å². The number of carbonyl (C=O) groups excluding carboxylic acids is 2. The van der Waals surface area contributed by atoms with Crippen molar-refractivity contribution in [2.24, 2.45) is 0 Å². The molecule has 0 N–H and O–H groups in total. The quantitative estimate of drug-likeness (QED) is 0.506. The lowest BCUT2D eigenvalue weighted by molar-refractivity contribution is -0.160. The van der Waals surface area contributed by atoms with Crippen molar-refractivity contribution in [1.82, 2.24) is 9.80 Å². The summed E-state index contributed by atoms with van der Waals surface area (Å²) in [6.45, 7) is 3.43. The van der Waals surface area contributed by atoms with Gasteiger partial charge in [0.25, 0.3) is 0 Å². The van der Waals surface area contributed by atoms with Gasteiger partial charge in [0.1, 0.15) is 5.54 Å². The average molecular weight is 228 g/mol. The molecule has 5 heteroatoms. The highest BCUT2D eigenvalue weighted by Crippen LogP contribution is 2.28. The first-order chi connectivity index (χ1) is 7.56. The van der Waals surface area contributed by atoms with E-state index < -0.39 is 5.54 Å². The van der Waals surface area contributed by atoms with Gasteiger partial charge in [-0.25, -0.2) is 0 Å². The number of amides is 1. The van der Waals surface area contributed by atoms with Crippen LogP contribution >= 0.6 is 0 Å². The number of nitrogens with zero attached hydrogens (tertiary/aromatic N) is 2. The van der Waals surface area contributed by atoms with Crippen molar-refractivity contribution in [3.05, 3.63) is 0 Å². The van der Waals surface area contributed by atoms with E-state index in [1.54, 1.807) is 4.90 Å². The van der Waals surface area contributed by atoms with Gasteiger partial charge in [-0.15, -0.1) is 0 Å². The molecular weight excluding hydrogens is 208 g/mol. The molecule has 1 aliphatic heterocycles. The minimum Gasteiger partial charge on any atom is -0.465 e. The predicted octanol–water partition coefficient (Wildman–Crippen LogP) is 0.102. The van der Waals surface area contributed by atoms with Crippen molar-refractivity contribution in [2.45, 2.75) is 25.3 Å². The molecule has 0 atom stereocenters. The summed E-state index contributed by atoms with van der Waals surface area (Å²) in [5.41, 5.74) is -0.560. The van der Waals surface area contributed by atoms with Crippen LogP contribution in [-0.2, 0) is 14.3 Å². The van der Waals surface area contributed by atoms with Crippen molar-refractivity contribution >= 4 is 12.4 Å². The van der Waals surface area contributed by atoms with E-state index in [0.717, 1.165) is 6.41 Å². The van der Waals surface area contributed by atoms with Crippen LogP contribution in [0.1, 0.15) is 19.8 Å². The van der Waals surface area contributed by atoms with Crippen LogP contribution in [0.5, 0.6) is 0 Å². The first-order valence-corrected chi connectivity index (χ1v) is 5.61. The standard InChI is InChI=1S/C11H20N2O3/c1-4-16-10(15)11(12(2)3)5-7-13(9-14)8-6-11/h9H,4-8H2,1-3H3. The van der Waals surface area contributed by atoms with Gasteiger partial charge in [-0.2, -0.15) is 0 Å². The highest BCUT2D eigenvalue weighted by atomic mass is 16.5. The van der Waals surface area contributed by atoms with Crippen LogP contribution in [0.3, 0.4) is 0 Å². The first-order valence-electron chi connectivity index (χ1n) is 5.61. The van der Waals surface area contributed by atoms with Gasteiger partial charge in [-0.3, -0.25) is 14.5 Å². The maximum absolute atomic E-state index is 12.0. The zero-order chi connectivity index (χ0) is 12.2. The Morgan fingerprint density at radius 2 is 2.00 bits per heavy atom. The Bertz CT molecular complexity index is 258. The fourth-order valence-electron chi connectivity index (χ4n) is 2.10. The molecule has 1 amide bonds. The van der Waals surface area contributed by atoms with Crippen LogP contribution in [0.25, 0.3) is 0 Å². The van der Waals surface area contributed by atoms with Crippen LogP contribution in [0, 0.1) is 0 Å². The molecule has 0 spiro atoms. The van der Waals surface area contributed by atoms with Gasteiger partial charge in [0.05, 0.1) is 6.61 Å². The summed E-state index contributed by atoms with van der Waals surface area (Å²) in [5, 5.41) is 0. The van der Waals surface area contributed by atoms with Crippen molar-refractivity contribution in [3.63, 3.8) is 0 Å². The number of likely N-dealkylation sites (N-methyl/N-ethyl adjacent to an activating group) is 1. The number of carbonyl (C=O) groups is 2. The molecule has 0 aromatic rings. The Morgan fingerprint density at radius 1 is 1.44 bits per heavy atom. The fourth-order valence-corrected chi connectivity index (χ4v) is 2.10. The molecule has 92 valence electrons. The highest BCUT2D eigenvalue weighted by Gasteiger charge is 2.44. The Hall–Kier alpha value is -1.10. The Balaban J connectivity index is 2.76. The van der Waals surface area contributed by atoms with Crippen molar-refractivity contribution in [1.29, 1.82) is 0 Å². The molecule has 0 aliphatic carbocycles. The first kappa shape index (κ1) is 13.0. The molecule has 1 heterocycles. The maximum Gasteiger partial charge on any atom is 0.326 e. The third-order valence-corrected chi connectivity index (χ3v) is 3.29. The van der Waals surface area contributed by atoms with Crippen LogP contribution < -0.4 is 0 Å². The molecule has 0 saturated carbocycles. The molecule has 1 saturated heterocycles. The lowest BCUT2D eigenvalue weighted by atomic mass is 9.86.